The molecule has 0 N–H and O–H groups in total. The molecule has 1 atom stereocenters. The number of rotatable bonds is 3. The summed E-state index contributed by atoms with van der Waals surface area (Å²) in [5, 5.41) is 0.431. The zero-order valence-corrected chi connectivity index (χ0v) is 13.1. The van der Waals surface area contributed by atoms with Crippen molar-refractivity contribution in [2.24, 2.45) is 5.92 Å². The number of alkyl halides is 1. The second-order valence-corrected chi connectivity index (χ2v) is 6.68. The van der Waals surface area contributed by atoms with E-state index in [9.17, 15) is 4.79 Å². The molecule has 0 bridgehead atoms. The molecule has 1 aliphatic carbocycles. The van der Waals surface area contributed by atoms with E-state index in [1.165, 1.54) is 32.1 Å². The lowest BCUT2D eigenvalue weighted by Gasteiger charge is -2.24. The maximum atomic E-state index is 12.8. The van der Waals surface area contributed by atoms with Gasteiger partial charge in [0.05, 0.1) is 16.3 Å². The van der Waals surface area contributed by atoms with Crippen LogP contribution in [0.25, 0.3) is 10.9 Å². The Morgan fingerprint density at radius 1 is 1.29 bits per heavy atom. The molecule has 0 spiro atoms. The lowest BCUT2D eigenvalue weighted by Crippen LogP contribution is -2.29. The fraction of sp³-hybridized carbons (Fsp3) is 0.529. The molecule has 1 aromatic carbocycles. The molecule has 1 saturated carbocycles. The summed E-state index contributed by atoms with van der Waals surface area (Å²) in [5.41, 5.74) is 0.790. The summed E-state index contributed by atoms with van der Waals surface area (Å²) >= 11 is 6.28. The zero-order valence-electron chi connectivity index (χ0n) is 12.4. The normalized spacial score (nSPS) is 18.0. The van der Waals surface area contributed by atoms with Crippen molar-refractivity contribution in [3.8, 4) is 0 Å². The van der Waals surface area contributed by atoms with Crippen LogP contribution in [-0.4, -0.2) is 9.55 Å². The van der Waals surface area contributed by atoms with E-state index in [1.807, 2.05) is 35.8 Å². The number of halogens is 1. The van der Waals surface area contributed by atoms with Crippen LogP contribution < -0.4 is 5.56 Å². The predicted molar refractivity (Wildman–Crippen MR) is 86.8 cm³/mol. The van der Waals surface area contributed by atoms with E-state index in [0.29, 0.717) is 17.1 Å². The first kappa shape index (κ1) is 14.6. The third-order valence-electron chi connectivity index (χ3n) is 4.41. The summed E-state index contributed by atoms with van der Waals surface area (Å²) in [6.45, 7) is 2.64. The number of benzene rings is 1. The van der Waals surface area contributed by atoms with Gasteiger partial charge in [0.15, 0.2) is 0 Å². The lowest BCUT2D eigenvalue weighted by atomic mass is 9.89. The Morgan fingerprint density at radius 3 is 2.71 bits per heavy atom. The summed E-state index contributed by atoms with van der Waals surface area (Å²) in [6, 6.07) is 7.53. The van der Waals surface area contributed by atoms with E-state index in [4.69, 9.17) is 11.6 Å². The Bertz CT molecular complexity index is 687. The first-order valence-electron chi connectivity index (χ1n) is 7.80. The number of para-hydroxylation sites is 1. The molecule has 0 aliphatic heterocycles. The van der Waals surface area contributed by atoms with Gasteiger partial charge in [-0.05, 0) is 37.8 Å². The van der Waals surface area contributed by atoms with Crippen molar-refractivity contribution >= 4 is 22.5 Å². The summed E-state index contributed by atoms with van der Waals surface area (Å²) in [7, 11) is 0. The minimum Gasteiger partial charge on any atom is -0.295 e. The van der Waals surface area contributed by atoms with Crippen molar-refractivity contribution in [1.29, 1.82) is 0 Å². The van der Waals surface area contributed by atoms with Gasteiger partial charge in [0, 0.05) is 6.54 Å². The second kappa shape index (κ2) is 6.18. The third kappa shape index (κ3) is 2.98. The van der Waals surface area contributed by atoms with E-state index < -0.39 is 0 Å². The summed E-state index contributed by atoms with van der Waals surface area (Å²) in [6.07, 6.45) is 6.27. The molecule has 21 heavy (non-hydrogen) atoms. The van der Waals surface area contributed by atoms with Crippen molar-refractivity contribution in [3.63, 3.8) is 0 Å². The molecule has 112 valence electrons. The van der Waals surface area contributed by atoms with Crippen LogP contribution in [0.3, 0.4) is 0 Å². The van der Waals surface area contributed by atoms with Crippen LogP contribution in [0.15, 0.2) is 29.1 Å². The van der Waals surface area contributed by atoms with Crippen LogP contribution in [0.1, 0.15) is 50.2 Å². The standard InChI is InChI=1S/C17H21ClN2O/c1-12(18)16-19-15-10-6-5-9-14(15)17(21)20(16)11-13-7-3-2-4-8-13/h5-6,9-10,12-13H,2-4,7-8,11H2,1H3. The van der Waals surface area contributed by atoms with Gasteiger partial charge in [-0.1, -0.05) is 31.4 Å². The van der Waals surface area contributed by atoms with Crippen LogP contribution in [0, 0.1) is 5.92 Å². The van der Waals surface area contributed by atoms with Gasteiger partial charge >= 0.3 is 0 Å². The molecule has 1 unspecified atom stereocenters. The van der Waals surface area contributed by atoms with Crippen molar-refractivity contribution in [2.45, 2.75) is 50.9 Å². The quantitative estimate of drug-likeness (QED) is 0.793. The molecule has 4 heteroatoms. The van der Waals surface area contributed by atoms with Gasteiger partial charge in [-0.2, -0.15) is 0 Å². The fourth-order valence-corrected chi connectivity index (χ4v) is 3.46. The molecule has 1 fully saturated rings. The lowest BCUT2D eigenvalue weighted by molar-refractivity contribution is 0.311. The topological polar surface area (TPSA) is 34.9 Å². The minimum atomic E-state index is -0.258. The maximum Gasteiger partial charge on any atom is 0.261 e. The molecule has 3 rings (SSSR count). The molecule has 1 aromatic heterocycles. The van der Waals surface area contributed by atoms with Gasteiger partial charge < -0.3 is 0 Å². The number of hydrogen-bond acceptors (Lipinski definition) is 2. The smallest absolute Gasteiger partial charge is 0.261 e. The number of nitrogens with zero attached hydrogens (tertiary/aromatic N) is 2. The number of aromatic nitrogens is 2. The van der Waals surface area contributed by atoms with Crippen molar-refractivity contribution < 1.29 is 0 Å². The van der Waals surface area contributed by atoms with Gasteiger partial charge in [-0.15, -0.1) is 11.6 Å². The Kier molecular flexibility index (Phi) is 4.29. The molecule has 2 aromatic rings. The van der Waals surface area contributed by atoms with Crippen molar-refractivity contribution in [1.82, 2.24) is 9.55 Å². The predicted octanol–water partition coefficient (Wildman–Crippen LogP) is 4.28. The van der Waals surface area contributed by atoms with Gasteiger partial charge in [0.1, 0.15) is 5.82 Å². The molecule has 0 amide bonds. The highest BCUT2D eigenvalue weighted by molar-refractivity contribution is 6.20. The molecule has 0 saturated heterocycles. The Hall–Kier alpha value is -1.35. The van der Waals surface area contributed by atoms with Crippen molar-refractivity contribution in [2.75, 3.05) is 0 Å². The zero-order chi connectivity index (χ0) is 14.8. The highest BCUT2D eigenvalue weighted by atomic mass is 35.5. The van der Waals surface area contributed by atoms with Gasteiger partial charge in [-0.3, -0.25) is 9.36 Å². The number of hydrogen-bond donors (Lipinski definition) is 0. The van der Waals surface area contributed by atoms with Crippen LogP contribution in [0.2, 0.25) is 0 Å². The van der Waals surface area contributed by atoms with Gasteiger partial charge in [-0.25, -0.2) is 4.98 Å². The molecule has 3 nitrogen and oxygen atoms in total. The van der Waals surface area contributed by atoms with Crippen LogP contribution in [0.4, 0.5) is 0 Å². The monoisotopic (exact) mass is 304 g/mol. The second-order valence-electron chi connectivity index (χ2n) is 6.02. The van der Waals surface area contributed by atoms with Crippen LogP contribution >= 0.6 is 11.6 Å². The minimum absolute atomic E-state index is 0.0497. The Morgan fingerprint density at radius 2 is 2.00 bits per heavy atom. The fourth-order valence-electron chi connectivity index (χ4n) is 3.29. The molecular weight excluding hydrogens is 284 g/mol. The van der Waals surface area contributed by atoms with Gasteiger partial charge in [0.2, 0.25) is 0 Å². The highest BCUT2D eigenvalue weighted by Crippen LogP contribution is 2.26. The maximum absolute atomic E-state index is 12.8. The first-order chi connectivity index (χ1) is 10.2. The average Bonchev–Trinajstić information content (AvgIpc) is 2.51. The Balaban J connectivity index is 2.07. The summed E-state index contributed by atoms with van der Waals surface area (Å²) in [4.78, 5) is 17.4. The largest absolute Gasteiger partial charge is 0.295 e. The molecular formula is C17H21ClN2O. The number of fused-ring (bicyclic) bond motifs is 1. The van der Waals surface area contributed by atoms with Crippen LogP contribution in [0.5, 0.6) is 0 Å². The molecule has 0 radical (unpaired) electrons. The van der Waals surface area contributed by atoms with Gasteiger partial charge in [0.25, 0.3) is 5.56 Å². The van der Waals surface area contributed by atoms with E-state index in [1.54, 1.807) is 0 Å². The van der Waals surface area contributed by atoms with Crippen molar-refractivity contribution in [3.05, 3.63) is 40.4 Å². The first-order valence-corrected chi connectivity index (χ1v) is 8.24. The average molecular weight is 305 g/mol. The summed E-state index contributed by atoms with van der Waals surface area (Å²) < 4.78 is 1.82. The molecule has 1 heterocycles. The van der Waals surface area contributed by atoms with Crippen LogP contribution in [-0.2, 0) is 6.54 Å². The third-order valence-corrected chi connectivity index (χ3v) is 4.61. The highest BCUT2D eigenvalue weighted by Gasteiger charge is 2.20. The van der Waals surface area contributed by atoms with E-state index >= 15 is 0 Å². The molecule has 1 aliphatic rings. The van der Waals surface area contributed by atoms with E-state index in [0.717, 1.165) is 12.1 Å². The SMILES string of the molecule is CC(Cl)c1nc2ccccc2c(=O)n1CC1CCCCC1. The van der Waals surface area contributed by atoms with E-state index in [2.05, 4.69) is 4.98 Å². The Labute approximate surface area is 130 Å². The van der Waals surface area contributed by atoms with E-state index in [-0.39, 0.29) is 10.9 Å². The summed E-state index contributed by atoms with van der Waals surface area (Å²) in [5.74, 6) is 1.28.